The Kier molecular flexibility index (Phi) is 4.58. The number of rotatable bonds is 6. The Morgan fingerprint density at radius 1 is 1.30 bits per heavy atom. The van der Waals surface area contributed by atoms with Crippen LogP contribution in [0.4, 0.5) is 0 Å². The van der Waals surface area contributed by atoms with Gasteiger partial charge in [0.1, 0.15) is 0 Å². The highest BCUT2D eigenvalue weighted by atomic mass is 32.1. The van der Waals surface area contributed by atoms with Crippen LogP contribution in [0.25, 0.3) is 4.96 Å². The van der Waals surface area contributed by atoms with Crippen LogP contribution >= 0.6 is 11.3 Å². The van der Waals surface area contributed by atoms with Gasteiger partial charge in [-0.05, 0) is 26.5 Å². The zero-order valence-corrected chi connectivity index (χ0v) is 14.5. The van der Waals surface area contributed by atoms with E-state index < -0.39 is 0 Å². The molecule has 0 saturated carbocycles. The van der Waals surface area contributed by atoms with Crippen molar-refractivity contribution in [2.24, 2.45) is 0 Å². The maximum Gasteiger partial charge on any atom is 0.258 e. The molecule has 3 rings (SSSR count). The Labute approximate surface area is 138 Å². The lowest BCUT2D eigenvalue weighted by molar-refractivity contribution is 0.311. The van der Waals surface area contributed by atoms with Crippen LogP contribution in [0.1, 0.15) is 35.3 Å². The van der Waals surface area contributed by atoms with Crippen LogP contribution in [-0.2, 0) is 19.5 Å². The van der Waals surface area contributed by atoms with E-state index in [1.807, 2.05) is 20.2 Å². The maximum atomic E-state index is 12.1. The topological polar surface area (TPSA) is 66.3 Å². The number of aromatic nitrogens is 4. The quantitative estimate of drug-likeness (QED) is 0.753. The first-order valence-electron chi connectivity index (χ1n) is 7.75. The van der Waals surface area contributed by atoms with Crippen LogP contribution in [0.5, 0.6) is 0 Å². The lowest BCUT2D eigenvalue weighted by atomic mass is 10.2. The van der Waals surface area contributed by atoms with E-state index >= 15 is 0 Å². The number of hydrogen-bond donors (Lipinski definition) is 1. The molecule has 3 heterocycles. The van der Waals surface area contributed by atoms with E-state index in [2.05, 4.69) is 33.1 Å². The molecule has 122 valence electrons. The van der Waals surface area contributed by atoms with Crippen LogP contribution in [0.15, 0.2) is 23.1 Å². The number of aryl methyl sites for hydroxylation is 2. The fourth-order valence-electron chi connectivity index (χ4n) is 2.64. The summed E-state index contributed by atoms with van der Waals surface area (Å²) in [5, 5.41) is 7.38. The molecule has 0 bridgehead atoms. The van der Waals surface area contributed by atoms with Crippen LogP contribution in [-0.4, -0.2) is 31.5 Å². The minimum atomic E-state index is -0.0190. The van der Waals surface area contributed by atoms with Gasteiger partial charge in [-0.25, -0.2) is 4.98 Å². The third-order valence-electron chi connectivity index (χ3n) is 3.60. The van der Waals surface area contributed by atoms with Crippen molar-refractivity contribution in [2.75, 3.05) is 7.05 Å². The van der Waals surface area contributed by atoms with Gasteiger partial charge < -0.3 is 0 Å². The highest BCUT2D eigenvalue weighted by Gasteiger charge is 2.09. The minimum Gasteiger partial charge on any atom is -0.295 e. The van der Waals surface area contributed by atoms with Gasteiger partial charge in [0.05, 0.1) is 11.4 Å². The molecule has 0 aliphatic carbocycles. The first-order chi connectivity index (χ1) is 11.0. The predicted octanol–water partition coefficient (Wildman–Crippen LogP) is 2.37. The van der Waals surface area contributed by atoms with Gasteiger partial charge in [-0.2, -0.15) is 5.10 Å². The Morgan fingerprint density at radius 2 is 2.13 bits per heavy atom. The molecule has 0 aromatic carbocycles. The van der Waals surface area contributed by atoms with E-state index in [0.29, 0.717) is 6.54 Å². The van der Waals surface area contributed by atoms with Crippen molar-refractivity contribution < 1.29 is 0 Å². The molecule has 6 nitrogen and oxygen atoms in total. The minimum absolute atomic E-state index is 0.0190. The number of fused-ring (bicyclic) bond motifs is 1. The molecule has 0 aliphatic heterocycles. The third-order valence-corrected chi connectivity index (χ3v) is 4.50. The summed E-state index contributed by atoms with van der Waals surface area (Å²) in [5.41, 5.74) is 2.96. The molecule has 7 heteroatoms. The summed E-state index contributed by atoms with van der Waals surface area (Å²) in [6.45, 7) is 5.51. The van der Waals surface area contributed by atoms with E-state index in [9.17, 15) is 4.79 Å². The lowest BCUT2D eigenvalue weighted by Crippen LogP contribution is -2.21. The summed E-state index contributed by atoms with van der Waals surface area (Å²) in [6.07, 6.45) is 3.92. The van der Waals surface area contributed by atoms with Crippen molar-refractivity contribution in [3.05, 3.63) is 50.6 Å². The second-order valence-corrected chi connectivity index (χ2v) is 7.10. The maximum absolute atomic E-state index is 12.1. The van der Waals surface area contributed by atoms with Gasteiger partial charge >= 0.3 is 0 Å². The fourth-order valence-corrected chi connectivity index (χ4v) is 3.49. The standard InChI is InChI=1S/C16H21N5OS/c1-4-5-12-6-14(19-18-12)10-20(3)9-13-7-15(22)21-8-11(2)23-16(21)17-13/h6-8H,4-5,9-10H2,1-3H3,(H,18,19). The average Bonchev–Trinajstić information content (AvgIpc) is 3.05. The zero-order chi connectivity index (χ0) is 16.4. The molecule has 0 radical (unpaired) electrons. The van der Waals surface area contributed by atoms with Crippen LogP contribution < -0.4 is 5.56 Å². The van der Waals surface area contributed by atoms with Crippen LogP contribution in [0.2, 0.25) is 0 Å². The van der Waals surface area contributed by atoms with Crippen LogP contribution in [0.3, 0.4) is 0 Å². The summed E-state index contributed by atoms with van der Waals surface area (Å²) in [6, 6.07) is 3.72. The Bertz CT molecular complexity index is 863. The summed E-state index contributed by atoms with van der Waals surface area (Å²) >= 11 is 1.54. The largest absolute Gasteiger partial charge is 0.295 e. The number of H-pyrrole nitrogens is 1. The summed E-state index contributed by atoms with van der Waals surface area (Å²) < 4.78 is 1.61. The molecule has 0 aliphatic rings. The number of nitrogens with zero attached hydrogens (tertiary/aromatic N) is 4. The smallest absolute Gasteiger partial charge is 0.258 e. The molecule has 0 atom stereocenters. The molecule has 1 N–H and O–H groups in total. The van der Waals surface area contributed by atoms with Gasteiger partial charge in [-0.1, -0.05) is 13.3 Å². The highest BCUT2D eigenvalue weighted by molar-refractivity contribution is 7.16. The SMILES string of the molecule is CCCc1cc(CN(C)Cc2cc(=O)n3cc(C)sc3n2)[nH]n1. The highest BCUT2D eigenvalue weighted by Crippen LogP contribution is 2.14. The van der Waals surface area contributed by atoms with E-state index in [1.54, 1.807) is 10.5 Å². The van der Waals surface area contributed by atoms with Crippen molar-refractivity contribution in [3.8, 4) is 0 Å². The predicted molar refractivity (Wildman–Crippen MR) is 91.8 cm³/mol. The number of aromatic amines is 1. The van der Waals surface area contributed by atoms with E-state index in [-0.39, 0.29) is 5.56 Å². The zero-order valence-electron chi connectivity index (χ0n) is 13.7. The normalized spacial score (nSPS) is 11.7. The van der Waals surface area contributed by atoms with E-state index in [1.165, 1.54) is 11.3 Å². The molecule has 0 unspecified atom stereocenters. The lowest BCUT2D eigenvalue weighted by Gasteiger charge is -2.14. The number of nitrogens with one attached hydrogen (secondary N) is 1. The van der Waals surface area contributed by atoms with Crippen LogP contribution in [0, 0.1) is 6.92 Å². The summed E-state index contributed by atoms with van der Waals surface area (Å²) in [4.78, 5) is 20.7. The van der Waals surface area contributed by atoms with Gasteiger partial charge in [-0.3, -0.25) is 19.2 Å². The number of hydrogen-bond acceptors (Lipinski definition) is 5. The molecular weight excluding hydrogens is 310 g/mol. The molecular formula is C16H21N5OS. The Morgan fingerprint density at radius 3 is 2.91 bits per heavy atom. The summed E-state index contributed by atoms with van der Waals surface area (Å²) in [5.74, 6) is 0. The van der Waals surface area contributed by atoms with Crippen molar-refractivity contribution in [3.63, 3.8) is 0 Å². The Balaban J connectivity index is 1.71. The molecule has 0 fully saturated rings. The first kappa shape index (κ1) is 15.9. The van der Waals surface area contributed by atoms with Gasteiger partial charge in [0, 0.05) is 35.9 Å². The van der Waals surface area contributed by atoms with Gasteiger partial charge in [0.15, 0.2) is 4.96 Å². The molecule has 0 saturated heterocycles. The monoisotopic (exact) mass is 331 g/mol. The third kappa shape index (κ3) is 3.68. The second kappa shape index (κ2) is 6.64. The van der Waals surface area contributed by atoms with Crippen molar-refractivity contribution in [2.45, 2.75) is 39.8 Å². The molecule has 0 amide bonds. The van der Waals surface area contributed by atoms with Gasteiger partial charge in [-0.15, -0.1) is 11.3 Å². The molecule has 23 heavy (non-hydrogen) atoms. The van der Waals surface area contributed by atoms with Crippen molar-refractivity contribution in [1.29, 1.82) is 0 Å². The molecule has 3 aromatic heterocycles. The first-order valence-corrected chi connectivity index (χ1v) is 8.57. The van der Waals surface area contributed by atoms with Crippen molar-refractivity contribution in [1.82, 2.24) is 24.5 Å². The van der Waals surface area contributed by atoms with E-state index in [0.717, 1.165) is 46.3 Å². The molecule has 3 aromatic rings. The Hall–Kier alpha value is -1.99. The van der Waals surface area contributed by atoms with Gasteiger partial charge in [0.25, 0.3) is 5.56 Å². The fraction of sp³-hybridized carbons (Fsp3) is 0.438. The average molecular weight is 331 g/mol. The van der Waals surface area contributed by atoms with Gasteiger partial charge in [0.2, 0.25) is 0 Å². The summed E-state index contributed by atoms with van der Waals surface area (Å²) in [7, 11) is 2.02. The second-order valence-electron chi connectivity index (χ2n) is 5.89. The van der Waals surface area contributed by atoms with Crippen molar-refractivity contribution >= 4 is 16.3 Å². The molecule has 0 spiro atoms. The number of thiazole rings is 1. The van der Waals surface area contributed by atoms with E-state index in [4.69, 9.17) is 0 Å².